The van der Waals surface area contributed by atoms with Gasteiger partial charge in [0, 0.05) is 17.8 Å². The highest BCUT2D eigenvalue weighted by molar-refractivity contribution is 7.80. The SMILES string of the molecule is COc1ccc(NC(=S)N[C@@H](C)CC(C)(C)c2ccccc2)cc1OC. The molecule has 26 heavy (non-hydrogen) atoms. The fourth-order valence-electron chi connectivity index (χ4n) is 3.13. The molecule has 0 spiro atoms. The van der Waals surface area contributed by atoms with Gasteiger partial charge < -0.3 is 20.1 Å². The number of thiocarbonyl (C=S) groups is 1. The molecule has 0 aromatic heterocycles. The van der Waals surface area contributed by atoms with Crippen LogP contribution in [0.3, 0.4) is 0 Å². The molecule has 2 aromatic carbocycles. The Kier molecular flexibility index (Phi) is 6.86. The van der Waals surface area contributed by atoms with E-state index >= 15 is 0 Å². The summed E-state index contributed by atoms with van der Waals surface area (Å²) in [6.07, 6.45) is 0.963. The zero-order valence-electron chi connectivity index (χ0n) is 16.1. The van der Waals surface area contributed by atoms with Gasteiger partial charge in [0.05, 0.1) is 14.2 Å². The Bertz CT molecular complexity index is 732. The second kappa shape index (κ2) is 8.90. The summed E-state index contributed by atoms with van der Waals surface area (Å²) in [5.41, 5.74) is 2.24. The summed E-state index contributed by atoms with van der Waals surface area (Å²) >= 11 is 5.46. The largest absolute Gasteiger partial charge is 0.493 e. The number of anilines is 1. The van der Waals surface area contributed by atoms with Crippen molar-refractivity contribution >= 4 is 23.0 Å². The predicted molar refractivity (Wildman–Crippen MR) is 112 cm³/mol. The number of hydrogen-bond donors (Lipinski definition) is 2. The van der Waals surface area contributed by atoms with Crippen LogP contribution in [0, 0.1) is 0 Å². The van der Waals surface area contributed by atoms with Crippen LogP contribution in [0.5, 0.6) is 11.5 Å². The number of methoxy groups -OCH3 is 2. The van der Waals surface area contributed by atoms with Crippen molar-refractivity contribution in [1.29, 1.82) is 0 Å². The average Bonchev–Trinajstić information content (AvgIpc) is 2.61. The first kappa shape index (κ1) is 20.0. The van der Waals surface area contributed by atoms with Crippen LogP contribution >= 0.6 is 12.2 Å². The third-order valence-corrected chi connectivity index (χ3v) is 4.61. The molecule has 0 saturated carbocycles. The summed E-state index contributed by atoms with van der Waals surface area (Å²) in [7, 11) is 3.24. The van der Waals surface area contributed by atoms with E-state index in [9.17, 15) is 0 Å². The number of ether oxygens (including phenoxy) is 2. The molecule has 0 aliphatic carbocycles. The van der Waals surface area contributed by atoms with E-state index < -0.39 is 0 Å². The quantitative estimate of drug-likeness (QED) is 0.687. The first-order chi connectivity index (χ1) is 12.4. The van der Waals surface area contributed by atoms with Crippen LogP contribution in [0.4, 0.5) is 5.69 Å². The zero-order valence-corrected chi connectivity index (χ0v) is 16.9. The van der Waals surface area contributed by atoms with Crippen LogP contribution < -0.4 is 20.1 Å². The molecule has 2 aromatic rings. The first-order valence-electron chi connectivity index (χ1n) is 8.71. The zero-order chi connectivity index (χ0) is 19.2. The third kappa shape index (κ3) is 5.36. The van der Waals surface area contributed by atoms with Crippen LogP contribution in [0.25, 0.3) is 0 Å². The molecule has 2 N–H and O–H groups in total. The molecule has 0 unspecified atom stereocenters. The van der Waals surface area contributed by atoms with Crippen molar-refractivity contribution in [1.82, 2.24) is 5.32 Å². The Balaban J connectivity index is 1.95. The summed E-state index contributed by atoms with van der Waals surface area (Å²) in [6, 6.07) is 16.4. The molecule has 0 saturated heterocycles. The van der Waals surface area contributed by atoms with Crippen LogP contribution in [0.1, 0.15) is 32.8 Å². The molecule has 0 bridgehead atoms. The van der Waals surface area contributed by atoms with E-state index in [1.807, 2.05) is 24.3 Å². The van der Waals surface area contributed by atoms with Gasteiger partial charge in [-0.3, -0.25) is 0 Å². The Morgan fingerprint density at radius 1 is 1.04 bits per heavy atom. The Morgan fingerprint density at radius 3 is 2.31 bits per heavy atom. The second-order valence-corrected chi connectivity index (χ2v) is 7.43. The van der Waals surface area contributed by atoms with E-state index in [0.717, 1.165) is 12.1 Å². The Hall–Kier alpha value is -2.27. The van der Waals surface area contributed by atoms with Gasteiger partial charge in [-0.05, 0) is 48.7 Å². The molecule has 5 heteroatoms. The van der Waals surface area contributed by atoms with Gasteiger partial charge in [0.1, 0.15) is 0 Å². The lowest BCUT2D eigenvalue weighted by Crippen LogP contribution is -2.39. The fourth-order valence-corrected chi connectivity index (χ4v) is 3.45. The van der Waals surface area contributed by atoms with E-state index in [1.165, 1.54) is 5.56 Å². The molecule has 0 heterocycles. The highest BCUT2D eigenvalue weighted by Gasteiger charge is 2.23. The molecule has 0 radical (unpaired) electrons. The van der Waals surface area contributed by atoms with Crippen LogP contribution in [0.2, 0.25) is 0 Å². The normalized spacial score (nSPS) is 12.2. The molecule has 0 amide bonds. The lowest BCUT2D eigenvalue weighted by Gasteiger charge is -2.29. The molecule has 140 valence electrons. The van der Waals surface area contributed by atoms with Crippen LogP contribution in [0.15, 0.2) is 48.5 Å². The van der Waals surface area contributed by atoms with E-state index in [2.05, 4.69) is 55.7 Å². The number of rotatable bonds is 7. The summed E-state index contributed by atoms with van der Waals surface area (Å²) in [5.74, 6) is 1.36. The first-order valence-corrected chi connectivity index (χ1v) is 9.11. The number of hydrogen-bond acceptors (Lipinski definition) is 3. The van der Waals surface area contributed by atoms with Gasteiger partial charge in [0.25, 0.3) is 0 Å². The summed E-state index contributed by atoms with van der Waals surface area (Å²) in [6.45, 7) is 6.66. The van der Waals surface area contributed by atoms with Crippen molar-refractivity contribution in [3.63, 3.8) is 0 Å². The third-order valence-electron chi connectivity index (χ3n) is 4.39. The van der Waals surface area contributed by atoms with Crippen molar-refractivity contribution < 1.29 is 9.47 Å². The highest BCUT2D eigenvalue weighted by atomic mass is 32.1. The molecular formula is C21H28N2O2S. The summed E-state index contributed by atoms with van der Waals surface area (Å²) < 4.78 is 10.6. The molecule has 0 aliphatic rings. The second-order valence-electron chi connectivity index (χ2n) is 7.02. The maximum atomic E-state index is 5.46. The van der Waals surface area contributed by atoms with Crippen molar-refractivity contribution in [2.45, 2.75) is 38.6 Å². The van der Waals surface area contributed by atoms with Crippen molar-refractivity contribution in [3.8, 4) is 11.5 Å². The Labute approximate surface area is 161 Å². The van der Waals surface area contributed by atoms with Crippen molar-refractivity contribution in [2.75, 3.05) is 19.5 Å². The molecule has 2 rings (SSSR count). The smallest absolute Gasteiger partial charge is 0.170 e. The van der Waals surface area contributed by atoms with Gasteiger partial charge in [-0.15, -0.1) is 0 Å². The maximum absolute atomic E-state index is 5.46. The molecule has 0 fully saturated rings. The molecule has 1 atom stereocenters. The number of benzene rings is 2. The van der Waals surface area contributed by atoms with Gasteiger partial charge >= 0.3 is 0 Å². The lowest BCUT2D eigenvalue weighted by atomic mass is 9.79. The lowest BCUT2D eigenvalue weighted by molar-refractivity contribution is 0.355. The van der Waals surface area contributed by atoms with E-state index in [1.54, 1.807) is 14.2 Å². The van der Waals surface area contributed by atoms with E-state index in [-0.39, 0.29) is 11.5 Å². The van der Waals surface area contributed by atoms with Gasteiger partial charge in [-0.2, -0.15) is 0 Å². The van der Waals surface area contributed by atoms with Crippen molar-refractivity contribution in [3.05, 3.63) is 54.1 Å². The summed E-state index contributed by atoms with van der Waals surface area (Å²) in [4.78, 5) is 0. The van der Waals surface area contributed by atoms with Crippen LogP contribution in [-0.2, 0) is 5.41 Å². The minimum atomic E-state index is 0.0621. The Morgan fingerprint density at radius 2 is 1.69 bits per heavy atom. The van der Waals surface area contributed by atoms with Crippen molar-refractivity contribution in [2.24, 2.45) is 0 Å². The minimum absolute atomic E-state index is 0.0621. The highest BCUT2D eigenvalue weighted by Crippen LogP contribution is 2.30. The molecule has 0 aliphatic heterocycles. The maximum Gasteiger partial charge on any atom is 0.170 e. The molecule has 4 nitrogen and oxygen atoms in total. The average molecular weight is 373 g/mol. The minimum Gasteiger partial charge on any atom is -0.493 e. The molecular weight excluding hydrogens is 344 g/mol. The van der Waals surface area contributed by atoms with Gasteiger partial charge in [0.2, 0.25) is 0 Å². The standard InChI is InChI=1S/C21H28N2O2S/c1-15(14-21(2,3)16-9-7-6-8-10-16)22-20(26)23-17-11-12-18(24-4)19(13-17)25-5/h6-13,15H,14H2,1-5H3,(H2,22,23,26)/t15-/m0/s1. The topological polar surface area (TPSA) is 42.5 Å². The van der Waals surface area contributed by atoms with Gasteiger partial charge in [-0.25, -0.2) is 0 Å². The van der Waals surface area contributed by atoms with Gasteiger partial charge in [0.15, 0.2) is 16.6 Å². The number of nitrogens with one attached hydrogen (secondary N) is 2. The monoisotopic (exact) mass is 372 g/mol. The van der Waals surface area contributed by atoms with E-state index in [0.29, 0.717) is 16.6 Å². The van der Waals surface area contributed by atoms with Crippen LogP contribution in [-0.4, -0.2) is 25.4 Å². The summed E-state index contributed by atoms with van der Waals surface area (Å²) in [5, 5.41) is 7.17. The predicted octanol–water partition coefficient (Wildman–Crippen LogP) is 4.75. The van der Waals surface area contributed by atoms with E-state index in [4.69, 9.17) is 21.7 Å². The van der Waals surface area contributed by atoms with Gasteiger partial charge in [-0.1, -0.05) is 44.2 Å². The fraction of sp³-hybridized carbons (Fsp3) is 0.381.